The highest BCUT2D eigenvalue weighted by atomic mass is 79.9. The van der Waals surface area contributed by atoms with Crippen LogP contribution in [0.4, 0.5) is 0 Å². The summed E-state index contributed by atoms with van der Waals surface area (Å²) in [5.74, 6) is 0. The molecule has 1 aromatic carbocycles. The lowest BCUT2D eigenvalue weighted by molar-refractivity contribution is 0.676. The van der Waals surface area contributed by atoms with Crippen LogP contribution in [0.3, 0.4) is 0 Å². The zero-order chi connectivity index (χ0) is 11.2. The van der Waals surface area contributed by atoms with Gasteiger partial charge in [0.25, 0.3) is 0 Å². The van der Waals surface area contributed by atoms with E-state index in [2.05, 4.69) is 49.4 Å². The highest BCUT2D eigenvalue weighted by molar-refractivity contribution is 9.10. The van der Waals surface area contributed by atoms with Crippen molar-refractivity contribution in [1.82, 2.24) is 15.3 Å². The average molecular weight is 317 g/mol. The topological polar surface area (TPSA) is 40.7 Å². The molecule has 0 atom stereocenters. The Morgan fingerprint density at radius 2 is 2.12 bits per heavy atom. The van der Waals surface area contributed by atoms with Gasteiger partial charge in [-0.05, 0) is 24.6 Å². The summed E-state index contributed by atoms with van der Waals surface area (Å²) < 4.78 is 1.18. The molecule has 1 heterocycles. The first kappa shape index (κ1) is 14.2. The Bertz CT molecular complexity index is 431. The number of nitrogens with zero attached hydrogens (tertiary/aromatic N) is 1. The molecule has 3 nitrogen and oxygen atoms in total. The van der Waals surface area contributed by atoms with Gasteiger partial charge in [-0.15, -0.1) is 12.4 Å². The summed E-state index contributed by atoms with van der Waals surface area (Å²) in [6, 6.07) is 8.31. The van der Waals surface area contributed by atoms with Crippen LogP contribution in [0.2, 0.25) is 0 Å². The molecule has 0 unspecified atom stereocenters. The summed E-state index contributed by atoms with van der Waals surface area (Å²) in [7, 11) is 0. The van der Waals surface area contributed by atoms with Crippen molar-refractivity contribution in [3.05, 3.63) is 52.5 Å². The van der Waals surface area contributed by atoms with Gasteiger partial charge in [-0.1, -0.05) is 34.1 Å². The molecule has 2 aromatic rings. The largest absolute Gasteiger partial charge is 0.347 e. The molecule has 0 saturated heterocycles. The van der Waals surface area contributed by atoms with Gasteiger partial charge in [-0.2, -0.15) is 0 Å². The Morgan fingerprint density at radius 3 is 2.82 bits per heavy atom. The summed E-state index contributed by atoms with van der Waals surface area (Å²) in [6.07, 6.45) is 4.56. The molecule has 0 aliphatic heterocycles. The normalized spacial score (nSPS) is 9.94. The van der Waals surface area contributed by atoms with Crippen molar-refractivity contribution in [2.75, 3.05) is 6.54 Å². The van der Waals surface area contributed by atoms with E-state index in [4.69, 9.17) is 0 Å². The van der Waals surface area contributed by atoms with Crippen molar-refractivity contribution in [3.63, 3.8) is 0 Å². The highest BCUT2D eigenvalue weighted by Crippen LogP contribution is 2.15. The summed E-state index contributed by atoms with van der Waals surface area (Å²) >= 11 is 3.54. The van der Waals surface area contributed by atoms with Crippen molar-refractivity contribution in [2.24, 2.45) is 0 Å². The molecule has 0 spiro atoms. The molecule has 0 aliphatic carbocycles. The van der Waals surface area contributed by atoms with Crippen LogP contribution < -0.4 is 5.32 Å². The van der Waals surface area contributed by atoms with Crippen LogP contribution in [0.15, 0.2) is 41.3 Å². The molecule has 0 fully saturated rings. The van der Waals surface area contributed by atoms with Crippen LogP contribution in [0.1, 0.15) is 11.3 Å². The van der Waals surface area contributed by atoms with Gasteiger partial charge in [0, 0.05) is 22.9 Å². The minimum atomic E-state index is 0. The van der Waals surface area contributed by atoms with Gasteiger partial charge in [0.15, 0.2) is 0 Å². The second-order valence-electron chi connectivity index (χ2n) is 3.60. The number of benzene rings is 1. The van der Waals surface area contributed by atoms with Crippen molar-refractivity contribution in [1.29, 1.82) is 0 Å². The summed E-state index contributed by atoms with van der Waals surface area (Å²) in [4.78, 5) is 7.03. The fourth-order valence-corrected chi connectivity index (χ4v) is 2.01. The van der Waals surface area contributed by atoms with Crippen LogP contribution in [-0.2, 0) is 13.0 Å². The SMILES string of the molecule is Brc1ccccc1CCNCc1cnc[nH]1.Cl. The molecule has 5 heteroatoms. The lowest BCUT2D eigenvalue weighted by Gasteiger charge is -2.05. The Kier molecular flexibility index (Phi) is 6.26. The maximum absolute atomic E-state index is 3.97. The Morgan fingerprint density at radius 1 is 1.29 bits per heavy atom. The lowest BCUT2D eigenvalue weighted by Crippen LogP contribution is -2.16. The van der Waals surface area contributed by atoms with Gasteiger partial charge in [0.1, 0.15) is 0 Å². The number of hydrogen-bond donors (Lipinski definition) is 2. The molecule has 92 valence electrons. The summed E-state index contributed by atoms with van der Waals surface area (Å²) in [5, 5.41) is 3.37. The third kappa shape index (κ3) is 4.50. The molecule has 1 aromatic heterocycles. The Hall–Kier alpha value is -0.840. The molecule has 2 rings (SSSR count). The monoisotopic (exact) mass is 315 g/mol. The second-order valence-corrected chi connectivity index (χ2v) is 4.45. The number of H-pyrrole nitrogens is 1. The predicted octanol–water partition coefficient (Wildman–Crippen LogP) is 2.93. The number of imidazole rings is 1. The van der Waals surface area contributed by atoms with Crippen molar-refractivity contribution < 1.29 is 0 Å². The van der Waals surface area contributed by atoms with Crippen LogP contribution >= 0.6 is 28.3 Å². The van der Waals surface area contributed by atoms with E-state index >= 15 is 0 Å². The van der Waals surface area contributed by atoms with Gasteiger partial charge in [0.2, 0.25) is 0 Å². The van der Waals surface area contributed by atoms with E-state index in [1.165, 1.54) is 10.0 Å². The minimum absolute atomic E-state index is 0. The minimum Gasteiger partial charge on any atom is -0.347 e. The predicted molar refractivity (Wildman–Crippen MR) is 75.4 cm³/mol. The first-order valence-corrected chi connectivity index (χ1v) is 6.07. The molecule has 0 saturated carbocycles. The van der Waals surface area contributed by atoms with Gasteiger partial charge in [-0.25, -0.2) is 4.98 Å². The quantitative estimate of drug-likeness (QED) is 0.833. The number of aromatic amines is 1. The smallest absolute Gasteiger partial charge is 0.0922 e. The number of rotatable bonds is 5. The fourth-order valence-electron chi connectivity index (χ4n) is 1.53. The van der Waals surface area contributed by atoms with Gasteiger partial charge in [-0.3, -0.25) is 0 Å². The highest BCUT2D eigenvalue weighted by Gasteiger charge is 1.98. The van der Waals surface area contributed by atoms with Gasteiger partial charge in [0.05, 0.1) is 6.33 Å². The van der Waals surface area contributed by atoms with Crippen molar-refractivity contribution >= 4 is 28.3 Å². The second kappa shape index (κ2) is 7.48. The standard InChI is InChI=1S/C12H14BrN3.ClH/c13-12-4-2-1-3-10(12)5-6-14-7-11-8-15-9-16-11;/h1-4,8-9,14H,5-7H2,(H,15,16);1H. The maximum atomic E-state index is 3.97. The van der Waals surface area contributed by atoms with E-state index in [0.29, 0.717) is 0 Å². The Labute approximate surface area is 116 Å². The molecule has 2 N–H and O–H groups in total. The van der Waals surface area contributed by atoms with E-state index < -0.39 is 0 Å². The number of halogens is 2. The van der Waals surface area contributed by atoms with E-state index in [-0.39, 0.29) is 12.4 Å². The van der Waals surface area contributed by atoms with E-state index in [1.807, 2.05) is 12.3 Å². The number of hydrogen-bond acceptors (Lipinski definition) is 2. The first-order chi connectivity index (χ1) is 7.86. The van der Waals surface area contributed by atoms with Gasteiger partial charge < -0.3 is 10.3 Å². The first-order valence-electron chi connectivity index (χ1n) is 5.27. The number of aromatic nitrogens is 2. The maximum Gasteiger partial charge on any atom is 0.0922 e. The van der Waals surface area contributed by atoms with Crippen LogP contribution in [0.5, 0.6) is 0 Å². The molecule has 0 bridgehead atoms. The van der Waals surface area contributed by atoms with E-state index in [9.17, 15) is 0 Å². The van der Waals surface area contributed by atoms with Crippen LogP contribution in [0, 0.1) is 0 Å². The zero-order valence-electron chi connectivity index (χ0n) is 9.32. The van der Waals surface area contributed by atoms with Crippen molar-refractivity contribution in [3.8, 4) is 0 Å². The molecular weight excluding hydrogens is 302 g/mol. The average Bonchev–Trinajstić information content (AvgIpc) is 2.79. The van der Waals surface area contributed by atoms with E-state index in [1.54, 1.807) is 6.33 Å². The van der Waals surface area contributed by atoms with Crippen LogP contribution in [-0.4, -0.2) is 16.5 Å². The number of nitrogens with one attached hydrogen (secondary N) is 2. The molecule has 0 amide bonds. The Balaban J connectivity index is 0.00000144. The summed E-state index contributed by atoms with van der Waals surface area (Å²) in [6.45, 7) is 1.80. The molecule has 0 aliphatic rings. The van der Waals surface area contributed by atoms with Crippen LogP contribution in [0.25, 0.3) is 0 Å². The van der Waals surface area contributed by atoms with Crippen molar-refractivity contribution in [2.45, 2.75) is 13.0 Å². The lowest BCUT2D eigenvalue weighted by atomic mass is 10.1. The third-order valence-electron chi connectivity index (χ3n) is 2.40. The fraction of sp³-hybridized carbons (Fsp3) is 0.250. The molecular formula is C12H15BrClN3. The van der Waals surface area contributed by atoms with Gasteiger partial charge >= 0.3 is 0 Å². The molecule has 0 radical (unpaired) electrons. The third-order valence-corrected chi connectivity index (χ3v) is 3.17. The summed E-state index contributed by atoms with van der Waals surface area (Å²) in [5.41, 5.74) is 2.45. The molecule has 17 heavy (non-hydrogen) atoms. The zero-order valence-corrected chi connectivity index (χ0v) is 11.7. The van der Waals surface area contributed by atoms with E-state index in [0.717, 1.165) is 25.2 Å².